The van der Waals surface area contributed by atoms with Gasteiger partial charge in [-0.25, -0.2) is 8.42 Å². The van der Waals surface area contributed by atoms with Crippen LogP contribution in [-0.2, 0) is 21.2 Å². The summed E-state index contributed by atoms with van der Waals surface area (Å²) in [6.07, 6.45) is 1.04. The molecule has 1 unspecified atom stereocenters. The smallest absolute Gasteiger partial charge is 0.265 e. The number of thiophene rings is 1. The van der Waals surface area contributed by atoms with Gasteiger partial charge < -0.3 is 14.8 Å². The van der Waals surface area contributed by atoms with Crippen LogP contribution < -0.4 is 14.8 Å². The summed E-state index contributed by atoms with van der Waals surface area (Å²) in [7, 11) is -2.14. The van der Waals surface area contributed by atoms with Gasteiger partial charge in [-0.05, 0) is 23.3 Å². The molecule has 4 rings (SSSR count). The van der Waals surface area contributed by atoms with Gasteiger partial charge in [0.15, 0.2) is 11.5 Å². The van der Waals surface area contributed by atoms with Gasteiger partial charge in [0.1, 0.15) is 21.4 Å². The number of fused-ring (bicyclic) bond motifs is 1. The number of hydrogen-bond donors (Lipinski definition) is 1. The monoisotopic (exact) mass is 528 g/mol. The fraction of sp³-hybridized carbons (Fsp3) is 0.240. The largest absolute Gasteiger partial charge is 0.493 e. The number of ether oxygens (including phenoxy) is 2. The molecule has 1 aromatic heterocycles. The lowest BCUT2D eigenvalue weighted by Gasteiger charge is -2.27. The average Bonchev–Trinajstić information content (AvgIpc) is 3.34. The van der Waals surface area contributed by atoms with E-state index in [9.17, 15) is 22.8 Å². The second-order valence-corrected chi connectivity index (χ2v) is 11.4. The Kier molecular flexibility index (Phi) is 7.14. The van der Waals surface area contributed by atoms with Gasteiger partial charge in [-0.1, -0.05) is 36.4 Å². The van der Waals surface area contributed by atoms with E-state index in [1.165, 1.54) is 19.4 Å². The van der Waals surface area contributed by atoms with Crippen LogP contribution in [0.15, 0.2) is 53.9 Å². The molecule has 9 nitrogen and oxygen atoms in total. The molecule has 0 saturated heterocycles. The molecule has 2 heterocycles. The number of rotatable bonds is 9. The first-order chi connectivity index (χ1) is 17.1. The van der Waals surface area contributed by atoms with Crippen molar-refractivity contribution in [3.05, 3.63) is 76.2 Å². The van der Waals surface area contributed by atoms with Gasteiger partial charge in [-0.2, -0.15) is 0 Å². The van der Waals surface area contributed by atoms with Crippen LogP contribution in [0, 0.1) is 0 Å². The predicted molar refractivity (Wildman–Crippen MR) is 135 cm³/mol. The summed E-state index contributed by atoms with van der Waals surface area (Å²) in [6.45, 7) is 1.53. The minimum Gasteiger partial charge on any atom is -0.493 e. The fourth-order valence-corrected chi connectivity index (χ4v) is 5.85. The number of carbonyl (C=O) groups is 3. The molecule has 11 heteroatoms. The molecule has 1 atom stereocenters. The van der Waals surface area contributed by atoms with Crippen molar-refractivity contribution >= 4 is 43.9 Å². The van der Waals surface area contributed by atoms with Crippen molar-refractivity contribution in [1.29, 1.82) is 0 Å². The highest BCUT2D eigenvalue weighted by Gasteiger charge is 2.44. The highest BCUT2D eigenvalue weighted by Crippen LogP contribution is 2.41. The highest BCUT2D eigenvalue weighted by molar-refractivity contribution is 7.90. The molecule has 1 aliphatic heterocycles. The molecule has 0 saturated carbocycles. The number of methoxy groups -OCH3 is 1. The maximum absolute atomic E-state index is 13.4. The quantitative estimate of drug-likeness (QED) is 0.421. The first-order valence-electron chi connectivity index (χ1n) is 10.9. The van der Waals surface area contributed by atoms with Crippen LogP contribution in [-0.4, -0.2) is 50.2 Å². The van der Waals surface area contributed by atoms with E-state index in [2.05, 4.69) is 5.32 Å². The van der Waals surface area contributed by atoms with Gasteiger partial charge in [-0.15, -0.1) is 11.3 Å². The molecule has 1 aliphatic rings. The lowest BCUT2D eigenvalue weighted by atomic mass is 10.1. The Hall–Kier alpha value is -3.70. The van der Waals surface area contributed by atoms with Crippen LogP contribution in [0.5, 0.6) is 11.5 Å². The maximum Gasteiger partial charge on any atom is 0.265 e. The van der Waals surface area contributed by atoms with E-state index in [0.717, 1.165) is 28.1 Å². The number of sulfone groups is 1. The van der Waals surface area contributed by atoms with Crippen molar-refractivity contribution < 1.29 is 32.3 Å². The van der Waals surface area contributed by atoms with E-state index in [-0.39, 0.29) is 28.6 Å². The van der Waals surface area contributed by atoms with Crippen LogP contribution in [0.1, 0.15) is 44.8 Å². The number of imide groups is 1. The van der Waals surface area contributed by atoms with Crippen LogP contribution in [0.2, 0.25) is 0 Å². The van der Waals surface area contributed by atoms with Crippen LogP contribution in [0.25, 0.3) is 0 Å². The Morgan fingerprint density at radius 3 is 2.44 bits per heavy atom. The van der Waals surface area contributed by atoms with Gasteiger partial charge >= 0.3 is 0 Å². The number of anilines is 1. The van der Waals surface area contributed by atoms with E-state index in [1.54, 1.807) is 18.2 Å². The Balaban J connectivity index is 1.72. The second kappa shape index (κ2) is 10.1. The number of nitrogens with one attached hydrogen (secondary N) is 1. The Morgan fingerprint density at radius 1 is 1.08 bits per heavy atom. The average molecular weight is 529 g/mol. The molecule has 0 radical (unpaired) electrons. The van der Waals surface area contributed by atoms with Crippen molar-refractivity contribution in [3.63, 3.8) is 0 Å². The highest BCUT2D eigenvalue weighted by atomic mass is 32.2. The van der Waals surface area contributed by atoms with Crippen molar-refractivity contribution in [2.45, 2.75) is 19.6 Å². The molecule has 188 valence electrons. The number of carbonyl (C=O) groups excluding carboxylic acids is 3. The standard InChI is InChI=1S/C25H24N2O7S2/c1-15(28)26-23-22-18(13-35-23)24(29)27(25(22)30)19(14-36(3,31)32)17-9-10-20(33-2)21(11-17)34-12-16-7-5-4-6-8-16/h4-11,13,19H,12,14H2,1-3H3,(H,26,28). The van der Waals surface area contributed by atoms with Gasteiger partial charge in [0.2, 0.25) is 5.91 Å². The Morgan fingerprint density at radius 2 is 1.81 bits per heavy atom. The minimum atomic E-state index is -3.62. The molecule has 3 aromatic rings. The van der Waals surface area contributed by atoms with Crippen LogP contribution >= 0.6 is 11.3 Å². The van der Waals surface area contributed by atoms with Gasteiger partial charge in [0.25, 0.3) is 11.8 Å². The molecule has 3 amide bonds. The normalized spacial score (nSPS) is 13.9. The SMILES string of the molecule is COc1ccc(C(CS(C)(=O)=O)N2C(=O)c3csc(NC(C)=O)c3C2=O)cc1OCc1ccccc1. The molecule has 2 aromatic carbocycles. The lowest BCUT2D eigenvalue weighted by molar-refractivity contribution is -0.114. The Bertz CT molecular complexity index is 1430. The number of hydrogen-bond acceptors (Lipinski definition) is 8. The van der Waals surface area contributed by atoms with Crippen molar-refractivity contribution in [2.75, 3.05) is 24.4 Å². The van der Waals surface area contributed by atoms with Crippen molar-refractivity contribution in [1.82, 2.24) is 4.90 Å². The van der Waals surface area contributed by atoms with E-state index in [0.29, 0.717) is 17.1 Å². The molecule has 0 spiro atoms. The maximum atomic E-state index is 13.4. The second-order valence-electron chi connectivity index (χ2n) is 8.31. The molecular formula is C25H24N2O7S2. The summed E-state index contributed by atoms with van der Waals surface area (Å²) < 4.78 is 36.1. The molecule has 0 fully saturated rings. The first kappa shape index (κ1) is 25.4. The molecule has 0 bridgehead atoms. The lowest BCUT2D eigenvalue weighted by Crippen LogP contribution is -2.38. The first-order valence-corrected chi connectivity index (χ1v) is 13.8. The number of nitrogens with zero attached hydrogens (tertiary/aromatic N) is 1. The van der Waals surface area contributed by atoms with Crippen LogP contribution in [0.4, 0.5) is 5.00 Å². The summed E-state index contributed by atoms with van der Waals surface area (Å²) in [6, 6.07) is 13.1. The molecule has 1 N–H and O–H groups in total. The van der Waals surface area contributed by atoms with Crippen LogP contribution in [0.3, 0.4) is 0 Å². The van der Waals surface area contributed by atoms with E-state index in [1.807, 2.05) is 30.3 Å². The van der Waals surface area contributed by atoms with Gasteiger partial charge in [0.05, 0.1) is 30.0 Å². The fourth-order valence-electron chi connectivity index (χ4n) is 3.96. The number of amides is 3. The van der Waals surface area contributed by atoms with Crippen molar-refractivity contribution in [3.8, 4) is 11.5 Å². The summed E-state index contributed by atoms with van der Waals surface area (Å²) in [5.41, 5.74) is 1.49. The predicted octanol–water partition coefficient (Wildman–Crippen LogP) is 3.68. The van der Waals surface area contributed by atoms with E-state index in [4.69, 9.17) is 9.47 Å². The van der Waals surface area contributed by atoms with E-state index < -0.39 is 33.4 Å². The minimum absolute atomic E-state index is 0.0627. The molecule has 36 heavy (non-hydrogen) atoms. The topological polar surface area (TPSA) is 119 Å². The summed E-state index contributed by atoms with van der Waals surface area (Å²) in [4.78, 5) is 39.2. The van der Waals surface area contributed by atoms with E-state index >= 15 is 0 Å². The Labute approximate surface area is 212 Å². The third kappa shape index (κ3) is 5.26. The summed E-state index contributed by atoms with van der Waals surface area (Å²) in [5.74, 6) is -1.42. The zero-order chi connectivity index (χ0) is 26.0. The van der Waals surface area contributed by atoms with Crippen molar-refractivity contribution in [2.24, 2.45) is 0 Å². The molecule has 0 aliphatic carbocycles. The third-order valence-corrected chi connectivity index (χ3v) is 7.36. The van der Waals surface area contributed by atoms with Gasteiger partial charge in [0, 0.05) is 18.6 Å². The third-order valence-electron chi connectivity index (χ3n) is 5.54. The zero-order valence-corrected chi connectivity index (χ0v) is 21.4. The number of benzene rings is 2. The zero-order valence-electron chi connectivity index (χ0n) is 19.8. The summed E-state index contributed by atoms with van der Waals surface area (Å²) >= 11 is 1.07. The van der Waals surface area contributed by atoms with Gasteiger partial charge in [-0.3, -0.25) is 19.3 Å². The molecular weight excluding hydrogens is 504 g/mol. The summed E-state index contributed by atoms with van der Waals surface area (Å²) in [5, 5.41) is 4.30.